The molecule has 0 saturated carbocycles. The van der Waals surface area contributed by atoms with Crippen molar-refractivity contribution in [1.82, 2.24) is 4.90 Å². The van der Waals surface area contributed by atoms with Crippen molar-refractivity contribution < 1.29 is 27.7 Å². The lowest BCUT2D eigenvalue weighted by Gasteiger charge is -2.40. The molecule has 4 aromatic carbocycles. The van der Waals surface area contributed by atoms with Gasteiger partial charge in [0.15, 0.2) is 0 Å². The molecule has 7 nitrogen and oxygen atoms in total. The van der Waals surface area contributed by atoms with Crippen LogP contribution in [-0.4, -0.2) is 29.2 Å². The van der Waals surface area contributed by atoms with E-state index < -0.39 is 7.82 Å². The van der Waals surface area contributed by atoms with Crippen LogP contribution in [0.4, 0.5) is 0 Å². The van der Waals surface area contributed by atoms with Gasteiger partial charge in [-0.3, -0.25) is 18.6 Å². The van der Waals surface area contributed by atoms with Gasteiger partial charge >= 0.3 is 7.82 Å². The van der Waals surface area contributed by atoms with Gasteiger partial charge in [-0.05, 0) is 67.1 Å². The molecule has 0 radical (unpaired) electrons. The number of benzene rings is 4. The number of hydrogen-bond acceptors (Lipinski definition) is 6. The summed E-state index contributed by atoms with van der Waals surface area (Å²) in [5.41, 5.74) is 3.03. The highest BCUT2D eigenvalue weighted by molar-refractivity contribution is 7.48. The lowest BCUT2D eigenvalue weighted by atomic mass is 9.82. The van der Waals surface area contributed by atoms with Gasteiger partial charge in [0.05, 0.1) is 19.1 Å². The van der Waals surface area contributed by atoms with Crippen LogP contribution in [-0.2, 0) is 31.6 Å². The number of likely N-dealkylation sites (tertiary alicyclic amines) is 1. The first-order valence-corrected chi connectivity index (χ1v) is 16.0. The van der Waals surface area contributed by atoms with E-state index in [2.05, 4.69) is 0 Å². The van der Waals surface area contributed by atoms with E-state index in [4.69, 9.17) is 13.6 Å². The normalized spacial score (nSPS) is 15.9. The second-order valence-corrected chi connectivity index (χ2v) is 12.2. The number of phosphoric ester groups is 1. The Morgan fingerprint density at radius 2 is 1.30 bits per heavy atom. The van der Waals surface area contributed by atoms with E-state index in [1.165, 1.54) is 0 Å². The van der Waals surface area contributed by atoms with Crippen molar-refractivity contribution in [3.05, 3.63) is 138 Å². The zero-order valence-electron chi connectivity index (χ0n) is 24.2. The minimum absolute atomic E-state index is 0.0402. The second-order valence-electron chi connectivity index (χ2n) is 10.6. The highest BCUT2D eigenvalue weighted by atomic mass is 31.2. The molecule has 222 valence electrons. The Morgan fingerprint density at radius 3 is 1.84 bits per heavy atom. The van der Waals surface area contributed by atoms with Crippen molar-refractivity contribution in [3.8, 4) is 5.75 Å². The molecule has 1 aliphatic heterocycles. The fourth-order valence-electron chi connectivity index (χ4n) is 5.44. The topological polar surface area (TPSA) is 82.1 Å². The third-order valence-electron chi connectivity index (χ3n) is 7.57. The molecule has 1 amide bonds. The van der Waals surface area contributed by atoms with Gasteiger partial charge in [0.1, 0.15) is 11.5 Å². The second kappa shape index (κ2) is 14.4. The predicted octanol–water partition coefficient (Wildman–Crippen LogP) is 7.97. The number of amides is 1. The van der Waals surface area contributed by atoms with Gasteiger partial charge in [-0.15, -0.1) is 0 Å². The molecule has 1 saturated heterocycles. The summed E-state index contributed by atoms with van der Waals surface area (Å²) in [5.74, 6) is -0.242. The quantitative estimate of drug-likeness (QED) is 0.154. The van der Waals surface area contributed by atoms with E-state index in [0.29, 0.717) is 12.1 Å². The molecule has 2 atom stereocenters. The van der Waals surface area contributed by atoms with Crippen molar-refractivity contribution in [1.29, 1.82) is 0 Å². The van der Waals surface area contributed by atoms with Crippen LogP contribution in [0.15, 0.2) is 115 Å². The number of carbonyl (C=O) groups excluding carboxylic acids is 2. The Kier molecular flexibility index (Phi) is 10.2. The van der Waals surface area contributed by atoms with Gasteiger partial charge in [0.25, 0.3) is 5.91 Å². The van der Waals surface area contributed by atoms with Crippen LogP contribution >= 0.6 is 7.82 Å². The van der Waals surface area contributed by atoms with Gasteiger partial charge in [-0.25, -0.2) is 4.57 Å². The largest absolute Gasteiger partial charge is 0.530 e. The summed E-state index contributed by atoms with van der Waals surface area (Å²) in [6, 6.07) is 34.7. The van der Waals surface area contributed by atoms with Gasteiger partial charge in [-0.1, -0.05) is 91.0 Å². The van der Waals surface area contributed by atoms with Crippen LogP contribution in [0.25, 0.3) is 0 Å². The van der Waals surface area contributed by atoms with E-state index >= 15 is 0 Å². The van der Waals surface area contributed by atoms with Crippen molar-refractivity contribution in [2.75, 3.05) is 6.54 Å². The molecule has 1 aliphatic rings. The molecule has 5 rings (SSSR count). The van der Waals surface area contributed by atoms with Crippen LogP contribution in [0, 0.1) is 0 Å². The summed E-state index contributed by atoms with van der Waals surface area (Å²) in [5, 5.41) is 0. The van der Waals surface area contributed by atoms with E-state index in [9.17, 15) is 14.2 Å². The standard InChI is InChI=1S/C35H36NO6P/c1-27(37)34(30-17-9-4-10-18-30)33-19-11-12-24-36(33)35(38)31-20-22-32(23-21-31)42-43(39,40-25-28-13-5-2-6-14-28)41-26-29-15-7-3-8-16-29/h2-10,13-18,20-23,33-34H,11-12,19,24-26H2,1H3. The molecule has 4 aromatic rings. The van der Waals surface area contributed by atoms with E-state index in [0.717, 1.165) is 36.0 Å². The maximum absolute atomic E-state index is 13.8. The lowest BCUT2D eigenvalue weighted by molar-refractivity contribution is -0.120. The summed E-state index contributed by atoms with van der Waals surface area (Å²) in [7, 11) is -4.04. The van der Waals surface area contributed by atoms with Crippen LogP contribution in [0.1, 0.15) is 59.2 Å². The summed E-state index contributed by atoms with van der Waals surface area (Å²) < 4.78 is 31.0. The van der Waals surface area contributed by atoms with Gasteiger partial charge in [0, 0.05) is 18.2 Å². The molecule has 1 fully saturated rings. The Bertz CT molecular complexity index is 1480. The number of phosphoric acid groups is 1. The summed E-state index contributed by atoms with van der Waals surface area (Å²) in [6.07, 6.45) is 2.59. The van der Waals surface area contributed by atoms with Gasteiger partial charge in [0.2, 0.25) is 0 Å². The average molecular weight is 598 g/mol. The highest BCUT2D eigenvalue weighted by Gasteiger charge is 2.36. The lowest BCUT2D eigenvalue weighted by Crippen LogP contribution is -2.48. The van der Waals surface area contributed by atoms with Crippen LogP contribution in [0.3, 0.4) is 0 Å². The van der Waals surface area contributed by atoms with Crippen molar-refractivity contribution in [3.63, 3.8) is 0 Å². The monoisotopic (exact) mass is 597 g/mol. The number of hydrogen-bond donors (Lipinski definition) is 0. The Labute approximate surface area is 253 Å². The molecular weight excluding hydrogens is 561 g/mol. The minimum atomic E-state index is -4.04. The van der Waals surface area contributed by atoms with Crippen molar-refractivity contribution in [2.24, 2.45) is 0 Å². The molecule has 43 heavy (non-hydrogen) atoms. The number of carbonyl (C=O) groups is 2. The Hall–Kier alpha value is -4.03. The molecule has 8 heteroatoms. The van der Waals surface area contributed by atoms with E-state index in [-0.39, 0.29) is 42.6 Å². The number of piperidine rings is 1. The molecule has 0 spiro atoms. The maximum Gasteiger partial charge on any atom is 0.530 e. The van der Waals surface area contributed by atoms with Crippen LogP contribution in [0.2, 0.25) is 0 Å². The van der Waals surface area contributed by atoms with Crippen molar-refractivity contribution in [2.45, 2.75) is 51.4 Å². The zero-order valence-corrected chi connectivity index (χ0v) is 25.1. The number of nitrogens with zero attached hydrogens (tertiary/aromatic N) is 1. The third-order valence-corrected chi connectivity index (χ3v) is 8.90. The molecule has 2 unspecified atom stereocenters. The third kappa shape index (κ3) is 8.08. The Balaban J connectivity index is 1.32. The van der Waals surface area contributed by atoms with Gasteiger partial charge in [-0.2, -0.15) is 0 Å². The molecule has 0 N–H and O–H groups in total. The zero-order chi connectivity index (χ0) is 30.1. The molecule has 0 aromatic heterocycles. The molecular formula is C35H36NO6P. The fraction of sp³-hybridized carbons (Fsp3) is 0.257. The minimum Gasteiger partial charge on any atom is -0.404 e. The smallest absolute Gasteiger partial charge is 0.404 e. The highest BCUT2D eigenvalue weighted by Crippen LogP contribution is 2.51. The molecule has 1 heterocycles. The van der Waals surface area contributed by atoms with Gasteiger partial charge < -0.3 is 9.42 Å². The first-order valence-electron chi connectivity index (χ1n) is 14.5. The number of Topliss-reactive ketones (excluding diaryl/α,β-unsaturated/α-hetero) is 1. The Morgan fingerprint density at radius 1 is 0.767 bits per heavy atom. The first-order chi connectivity index (χ1) is 20.9. The maximum atomic E-state index is 13.8. The van der Waals surface area contributed by atoms with Crippen LogP contribution < -0.4 is 4.52 Å². The van der Waals surface area contributed by atoms with Crippen molar-refractivity contribution >= 4 is 19.5 Å². The summed E-state index contributed by atoms with van der Waals surface area (Å²) in [4.78, 5) is 28.4. The van der Waals surface area contributed by atoms with E-state index in [1.54, 1.807) is 31.2 Å². The SMILES string of the molecule is CC(=O)C(c1ccccc1)C1CCCCN1C(=O)c1ccc(OP(=O)(OCc2ccccc2)OCc2ccccc2)cc1. The molecule has 0 aliphatic carbocycles. The van der Waals surface area contributed by atoms with E-state index in [1.807, 2.05) is 95.9 Å². The molecule has 0 bridgehead atoms. The average Bonchev–Trinajstić information content (AvgIpc) is 3.05. The fourth-order valence-corrected chi connectivity index (χ4v) is 6.62. The van der Waals surface area contributed by atoms with Crippen LogP contribution in [0.5, 0.6) is 5.75 Å². The summed E-state index contributed by atoms with van der Waals surface area (Å²) >= 11 is 0. The summed E-state index contributed by atoms with van der Waals surface area (Å²) in [6.45, 7) is 2.25. The first kappa shape index (κ1) is 30.4. The number of rotatable bonds is 12. The predicted molar refractivity (Wildman–Crippen MR) is 166 cm³/mol. The number of ketones is 1.